The van der Waals surface area contributed by atoms with Gasteiger partial charge in [0.05, 0.1) is 6.61 Å². The fourth-order valence-corrected chi connectivity index (χ4v) is 1.98. The fraction of sp³-hybridized carbons (Fsp3) is 0.235. The van der Waals surface area contributed by atoms with Crippen LogP contribution in [0.2, 0.25) is 0 Å². The van der Waals surface area contributed by atoms with Gasteiger partial charge in [0, 0.05) is 6.92 Å². The van der Waals surface area contributed by atoms with Gasteiger partial charge in [-0.1, -0.05) is 24.3 Å². The molecule has 0 amide bonds. The minimum atomic E-state index is -0.316. The maximum absolute atomic E-state index is 10.9. The summed E-state index contributed by atoms with van der Waals surface area (Å²) in [5.41, 5.74) is 2.14. The first-order chi connectivity index (χ1) is 10.2. The highest BCUT2D eigenvalue weighted by Gasteiger charge is 2.22. The fourth-order valence-electron chi connectivity index (χ4n) is 1.98. The molecule has 1 aliphatic heterocycles. The van der Waals surface area contributed by atoms with E-state index in [1.54, 1.807) is 12.1 Å². The Morgan fingerprint density at radius 2 is 1.57 bits per heavy atom. The van der Waals surface area contributed by atoms with Gasteiger partial charge in [-0.15, -0.1) is 0 Å². The van der Waals surface area contributed by atoms with Crippen molar-refractivity contribution in [3.63, 3.8) is 0 Å². The molecule has 0 N–H and O–H groups in total. The Morgan fingerprint density at radius 3 is 2.05 bits per heavy atom. The van der Waals surface area contributed by atoms with Gasteiger partial charge in [-0.2, -0.15) is 0 Å². The van der Waals surface area contributed by atoms with Crippen molar-refractivity contribution >= 4 is 5.97 Å². The second kappa shape index (κ2) is 5.97. The maximum atomic E-state index is 10.9. The summed E-state index contributed by atoms with van der Waals surface area (Å²) in [5, 5.41) is 0. The molecule has 2 aromatic rings. The largest absolute Gasteiger partial charge is 0.491 e. The van der Waals surface area contributed by atoms with Crippen molar-refractivity contribution in [1.82, 2.24) is 0 Å². The van der Waals surface area contributed by atoms with E-state index in [-0.39, 0.29) is 12.1 Å². The number of ether oxygens (including phenoxy) is 3. The summed E-state index contributed by atoms with van der Waals surface area (Å²) in [5.74, 6) is 1.07. The predicted molar refractivity (Wildman–Crippen MR) is 78.4 cm³/mol. The molecular formula is C17H16O4. The Bertz CT molecular complexity index is 612. The lowest BCUT2D eigenvalue weighted by Crippen LogP contribution is -2.03. The molecule has 4 heteroatoms. The highest BCUT2D eigenvalue weighted by atomic mass is 16.6. The van der Waals surface area contributed by atoms with E-state index in [1.807, 2.05) is 36.4 Å². The number of benzene rings is 2. The van der Waals surface area contributed by atoms with Gasteiger partial charge in [0.2, 0.25) is 0 Å². The molecule has 0 radical (unpaired) electrons. The van der Waals surface area contributed by atoms with Gasteiger partial charge in [0.15, 0.2) is 0 Å². The third-order valence-electron chi connectivity index (χ3n) is 3.14. The standard InChI is InChI=1S/C17H16O4/c1-12(18)21-16-8-4-14(5-9-16)13-2-6-15(7-3-13)19-10-17-11-20-17/h2-9,17H,10-11H2,1H3. The molecule has 0 saturated carbocycles. The smallest absolute Gasteiger partial charge is 0.308 e. The summed E-state index contributed by atoms with van der Waals surface area (Å²) in [6.07, 6.45) is 0.262. The van der Waals surface area contributed by atoms with Gasteiger partial charge >= 0.3 is 5.97 Å². The van der Waals surface area contributed by atoms with E-state index in [9.17, 15) is 4.79 Å². The molecule has 1 unspecified atom stereocenters. The molecule has 2 aromatic carbocycles. The Morgan fingerprint density at radius 1 is 1.05 bits per heavy atom. The SMILES string of the molecule is CC(=O)Oc1ccc(-c2ccc(OCC3CO3)cc2)cc1. The van der Waals surface area contributed by atoms with Crippen LogP contribution in [-0.2, 0) is 9.53 Å². The third kappa shape index (κ3) is 3.83. The summed E-state index contributed by atoms with van der Waals surface area (Å²) in [6, 6.07) is 15.3. The van der Waals surface area contributed by atoms with Gasteiger partial charge in [-0.3, -0.25) is 4.79 Å². The minimum Gasteiger partial charge on any atom is -0.491 e. The quantitative estimate of drug-likeness (QED) is 0.481. The number of carbonyl (C=O) groups is 1. The average molecular weight is 284 g/mol. The Kier molecular flexibility index (Phi) is 3.88. The Hall–Kier alpha value is -2.33. The van der Waals surface area contributed by atoms with Crippen LogP contribution in [0.15, 0.2) is 48.5 Å². The predicted octanol–water partition coefficient (Wildman–Crippen LogP) is 3.06. The van der Waals surface area contributed by atoms with Crippen LogP contribution >= 0.6 is 0 Å². The van der Waals surface area contributed by atoms with Gasteiger partial charge in [0.25, 0.3) is 0 Å². The van der Waals surface area contributed by atoms with E-state index in [1.165, 1.54) is 6.92 Å². The normalized spacial score (nSPS) is 16.3. The van der Waals surface area contributed by atoms with Gasteiger partial charge in [-0.05, 0) is 35.4 Å². The van der Waals surface area contributed by atoms with Gasteiger partial charge in [-0.25, -0.2) is 0 Å². The average Bonchev–Trinajstić information content (AvgIpc) is 3.30. The topological polar surface area (TPSA) is 48.1 Å². The summed E-state index contributed by atoms with van der Waals surface area (Å²) in [7, 11) is 0. The zero-order chi connectivity index (χ0) is 14.7. The molecule has 3 rings (SSSR count). The molecule has 108 valence electrons. The zero-order valence-corrected chi connectivity index (χ0v) is 11.7. The molecule has 4 nitrogen and oxygen atoms in total. The lowest BCUT2D eigenvalue weighted by Gasteiger charge is -2.07. The summed E-state index contributed by atoms with van der Waals surface area (Å²) >= 11 is 0. The van der Waals surface area contributed by atoms with E-state index >= 15 is 0 Å². The lowest BCUT2D eigenvalue weighted by molar-refractivity contribution is -0.131. The summed E-state index contributed by atoms with van der Waals surface area (Å²) in [4.78, 5) is 10.9. The van der Waals surface area contributed by atoms with Crippen molar-refractivity contribution in [2.45, 2.75) is 13.0 Å². The summed E-state index contributed by atoms with van der Waals surface area (Å²) in [6.45, 7) is 2.79. The van der Waals surface area contributed by atoms with Crippen LogP contribution in [0.3, 0.4) is 0 Å². The monoisotopic (exact) mass is 284 g/mol. The molecule has 0 bridgehead atoms. The maximum Gasteiger partial charge on any atom is 0.308 e. The number of carbonyl (C=O) groups excluding carboxylic acids is 1. The van der Waals surface area contributed by atoms with Crippen molar-refractivity contribution in [1.29, 1.82) is 0 Å². The van der Waals surface area contributed by atoms with Crippen LogP contribution in [0.5, 0.6) is 11.5 Å². The molecule has 1 atom stereocenters. The van der Waals surface area contributed by atoms with Crippen molar-refractivity contribution in [3.05, 3.63) is 48.5 Å². The number of esters is 1. The van der Waals surface area contributed by atoms with Crippen LogP contribution in [0.25, 0.3) is 11.1 Å². The van der Waals surface area contributed by atoms with Crippen LogP contribution in [-0.4, -0.2) is 25.3 Å². The first kappa shape index (κ1) is 13.6. The Balaban J connectivity index is 1.66. The first-order valence-corrected chi connectivity index (χ1v) is 6.84. The number of hydrogen-bond donors (Lipinski definition) is 0. The Labute approximate surface area is 123 Å². The highest BCUT2D eigenvalue weighted by Crippen LogP contribution is 2.25. The van der Waals surface area contributed by atoms with Crippen molar-refractivity contribution in [2.75, 3.05) is 13.2 Å². The van der Waals surface area contributed by atoms with Crippen LogP contribution in [0, 0.1) is 0 Å². The molecule has 1 aliphatic rings. The minimum absolute atomic E-state index is 0.262. The molecule has 0 aromatic heterocycles. The molecule has 21 heavy (non-hydrogen) atoms. The van der Waals surface area contributed by atoms with Crippen molar-refractivity contribution in [2.24, 2.45) is 0 Å². The van der Waals surface area contributed by atoms with E-state index in [4.69, 9.17) is 14.2 Å². The summed E-state index contributed by atoms with van der Waals surface area (Å²) < 4.78 is 15.7. The van der Waals surface area contributed by atoms with Gasteiger partial charge < -0.3 is 14.2 Å². The van der Waals surface area contributed by atoms with E-state index in [0.717, 1.165) is 23.5 Å². The van der Waals surface area contributed by atoms with E-state index in [2.05, 4.69) is 0 Å². The molecule has 1 heterocycles. The van der Waals surface area contributed by atoms with E-state index in [0.29, 0.717) is 12.4 Å². The van der Waals surface area contributed by atoms with Crippen LogP contribution < -0.4 is 9.47 Å². The third-order valence-corrected chi connectivity index (χ3v) is 3.14. The van der Waals surface area contributed by atoms with E-state index < -0.39 is 0 Å². The first-order valence-electron chi connectivity index (χ1n) is 6.84. The molecule has 1 fully saturated rings. The molecule has 1 saturated heterocycles. The molecule has 0 spiro atoms. The van der Waals surface area contributed by atoms with Crippen molar-refractivity contribution < 1.29 is 19.0 Å². The highest BCUT2D eigenvalue weighted by molar-refractivity contribution is 5.70. The second-order valence-corrected chi connectivity index (χ2v) is 4.91. The van der Waals surface area contributed by atoms with Crippen molar-refractivity contribution in [3.8, 4) is 22.6 Å². The lowest BCUT2D eigenvalue weighted by atomic mass is 10.1. The number of epoxide rings is 1. The number of hydrogen-bond acceptors (Lipinski definition) is 4. The second-order valence-electron chi connectivity index (χ2n) is 4.91. The molecular weight excluding hydrogens is 268 g/mol. The number of rotatable bonds is 5. The van der Waals surface area contributed by atoms with Crippen LogP contribution in [0.1, 0.15) is 6.92 Å². The van der Waals surface area contributed by atoms with Crippen LogP contribution in [0.4, 0.5) is 0 Å². The van der Waals surface area contributed by atoms with Gasteiger partial charge in [0.1, 0.15) is 24.2 Å². The zero-order valence-electron chi connectivity index (χ0n) is 11.7. The molecule has 0 aliphatic carbocycles.